The van der Waals surface area contributed by atoms with Gasteiger partial charge in [0.15, 0.2) is 0 Å². The standard InChI is InChI=1S/C17H19NO2/c1-12(19)14-8-9-18-17(11-14)20-16-7-6-13-4-2-3-5-15(13)10-16/h6-12,19H,2-5H2,1H3. The molecule has 1 atom stereocenters. The molecule has 0 radical (unpaired) electrons. The fraction of sp³-hybridized carbons (Fsp3) is 0.353. The van der Waals surface area contributed by atoms with Gasteiger partial charge in [0.05, 0.1) is 6.10 Å². The normalized spacial score (nSPS) is 15.5. The molecule has 0 fully saturated rings. The van der Waals surface area contributed by atoms with Gasteiger partial charge < -0.3 is 9.84 Å². The maximum atomic E-state index is 9.59. The molecule has 1 heterocycles. The van der Waals surface area contributed by atoms with Crippen molar-refractivity contribution < 1.29 is 9.84 Å². The van der Waals surface area contributed by atoms with Crippen LogP contribution in [0.2, 0.25) is 0 Å². The summed E-state index contributed by atoms with van der Waals surface area (Å²) >= 11 is 0. The fourth-order valence-corrected chi connectivity index (χ4v) is 2.63. The van der Waals surface area contributed by atoms with Crippen LogP contribution in [0.3, 0.4) is 0 Å². The zero-order valence-corrected chi connectivity index (χ0v) is 11.7. The van der Waals surface area contributed by atoms with E-state index >= 15 is 0 Å². The Labute approximate surface area is 119 Å². The molecule has 2 aromatic rings. The molecule has 0 aliphatic heterocycles. The molecule has 1 aliphatic rings. The Balaban J connectivity index is 1.82. The summed E-state index contributed by atoms with van der Waals surface area (Å²) in [4.78, 5) is 4.20. The van der Waals surface area contributed by atoms with Crippen LogP contribution in [0.1, 0.15) is 42.6 Å². The Morgan fingerprint density at radius 1 is 1.10 bits per heavy atom. The lowest BCUT2D eigenvalue weighted by Crippen LogP contribution is -2.02. The number of rotatable bonds is 3. The van der Waals surface area contributed by atoms with E-state index in [1.54, 1.807) is 25.3 Å². The van der Waals surface area contributed by atoms with E-state index in [0.717, 1.165) is 17.7 Å². The molecule has 0 saturated carbocycles. The van der Waals surface area contributed by atoms with Crippen LogP contribution in [0.5, 0.6) is 11.6 Å². The third kappa shape index (κ3) is 2.83. The van der Waals surface area contributed by atoms with Crippen LogP contribution in [0.25, 0.3) is 0 Å². The highest BCUT2D eigenvalue weighted by atomic mass is 16.5. The number of aliphatic hydroxyl groups excluding tert-OH is 1. The van der Waals surface area contributed by atoms with Gasteiger partial charge in [-0.15, -0.1) is 0 Å². The zero-order valence-electron chi connectivity index (χ0n) is 11.7. The van der Waals surface area contributed by atoms with E-state index in [4.69, 9.17) is 4.74 Å². The van der Waals surface area contributed by atoms with E-state index in [-0.39, 0.29) is 0 Å². The van der Waals surface area contributed by atoms with Crippen molar-refractivity contribution in [2.24, 2.45) is 0 Å². The molecular formula is C17H19NO2. The molecular weight excluding hydrogens is 250 g/mol. The van der Waals surface area contributed by atoms with E-state index in [0.29, 0.717) is 5.88 Å². The fourth-order valence-electron chi connectivity index (χ4n) is 2.63. The maximum absolute atomic E-state index is 9.59. The average Bonchev–Trinajstić information content (AvgIpc) is 2.47. The molecule has 3 heteroatoms. The molecule has 104 valence electrons. The molecule has 1 aromatic heterocycles. The quantitative estimate of drug-likeness (QED) is 0.921. The zero-order chi connectivity index (χ0) is 13.9. The van der Waals surface area contributed by atoms with Crippen molar-refractivity contribution in [1.82, 2.24) is 4.98 Å². The summed E-state index contributed by atoms with van der Waals surface area (Å²) < 4.78 is 5.81. The largest absolute Gasteiger partial charge is 0.439 e. The number of aliphatic hydroxyl groups is 1. The van der Waals surface area contributed by atoms with Crippen LogP contribution in [0, 0.1) is 0 Å². The Bertz CT molecular complexity index is 608. The number of pyridine rings is 1. The molecule has 1 N–H and O–H groups in total. The molecule has 0 spiro atoms. The van der Waals surface area contributed by atoms with Gasteiger partial charge in [0.1, 0.15) is 5.75 Å². The maximum Gasteiger partial charge on any atom is 0.219 e. The molecule has 1 aliphatic carbocycles. The van der Waals surface area contributed by atoms with Crippen LogP contribution >= 0.6 is 0 Å². The third-order valence-electron chi connectivity index (χ3n) is 3.78. The predicted octanol–water partition coefficient (Wildman–Crippen LogP) is 3.81. The predicted molar refractivity (Wildman–Crippen MR) is 78.0 cm³/mol. The van der Waals surface area contributed by atoms with E-state index in [2.05, 4.69) is 17.1 Å². The third-order valence-corrected chi connectivity index (χ3v) is 3.78. The summed E-state index contributed by atoms with van der Waals surface area (Å²) in [5, 5.41) is 9.59. The van der Waals surface area contributed by atoms with Gasteiger partial charge in [-0.05, 0) is 67.5 Å². The Morgan fingerprint density at radius 2 is 1.90 bits per heavy atom. The second kappa shape index (κ2) is 5.63. The van der Waals surface area contributed by atoms with E-state index in [9.17, 15) is 5.11 Å². The highest BCUT2D eigenvalue weighted by molar-refractivity contribution is 5.39. The lowest BCUT2D eigenvalue weighted by atomic mass is 9.92. The number of hydrogen-bond donors (Lipinski definition) is 1. The SMILES string of the molecule is CC(O)c1ccnc(Oc2ccc3c(c2)CCCC3)c1. The van der Waals surface area contributed by atoms with Crippen molar-refractivity contribution in [3.8, 4) is 11.6 Å². The van der Waals surface area contributed by atoms with Gasteiger partial charge in [0, 0.05) is 12.3 Å². The van der Waals surface area contributed by atoms with Crippen molar-refractivity contribution in [1.29, 1.82) is 0 Å². The number of aromatic nitrogens is 1. The number of ether oxygens (including phenoxy) is 1. The molecule has 20 heavy (non-hydrogen) atoms. The van der Waals surface area contributed by atoms with Crippen LogP contribution < -0.4 is 4.74 Å². The number of hydrogen-bond acceptors (Lipinski definition) is 3. The van der Waals surface area contributed by atoms with Gasteiger partial charge >= 0.3 is 0 Å². The first-order valence-corrected chi connectivity index (χ1v) is 7.16. The molecule has 0 saturated heterocycles. The van der Waals surface area contributed by atoms with Gasteiger partial charge in [0.2, 0.25) is 5.88 Å². The van der Waals surface area contributed by atoms with Gasteiger partial charge in [-0.3, -0.25) is 0 Å². The molecule has 3 nitrogen and oxygen atoms in total. The minimum absolute atomic E-state index is 0.510. The lowest BCUT2D eigenvalue weighted by molar-refractivity contribution is 0.198. The minimum Gasteiger partial charge on any atom is -0.439 e. The minimum atomic E-state index is -0.510. The summed E-state index contributed by atoms with van der Waals surface area (Å²) in [7, 11) is 0. The summed E-state index contributed by atoms with van der Waals surface area (Å²) in [6.07, 6.45) is 6.00. The number of aryl methyl sites for hydroxylation is 2. The van der Waals surface area contributed by atoms with E-state index < -0.39 is 6.10 Å². The first kappa shape index (κ1) is 13.1. The Hall–Kier alpha value is -1.87. The van der Waals surface area contributed by atoms with Crippen molar-refractivity contribution in [3.05, 3.63) is 53.2 Å². The molecule has 1 aromatic carbocycles. The first-order valence-electron chi connectivity index (χ1n) is 7.16. The van der Waals surface area contributed by atoms with Crippen molar-refractivity contribution in [3.63, 3.8) is 0 Å². The number of benzene rings is 1. The van der Waals surface area contributed by atoms with Crippen LogP contribution in [0.4, 0.5) is 0 Å². The van der Waals surface area contributed by atoms with Gasteiger partial charge in [-0.25, -0.2) is 4.98 Å². The number of nitrogens with zero attached hydrogens (tertiary/aromatic N) is 1. The molecule has 0 amide bonds. The summed E-state index contributed by atoms with van der Waals surface area (Å²) in [5.41, 5.74) is 3.64. The van der Waals surface area contributed by atoms with Crippen molar-refractivity contribution in [2.75, 3.05) is 0 Å². The summed E-state index contributed by atoms with van der Waals surface area (Å²) in [6.45, 7) is 1.73. The Morgan fingerprint density at radius 3 is 2.70 bits per heavy atom. The van der Waals surface area contributed by atoms with E-state index in [1.165, 1.54) is 30.4 Å². The van der Waals surface area contributed by atoms with Crippen molar-refractivity contribution >= 4 is 0 Å². The topological polar surface area (TPSA) is 42.4 Å². The van der Waals surface area contributed by atoms with Crippen molar-refractivity contribution in [2.45, 2.75) is 38.7 Å². The Kier molecular flexibility index (Phi) is 3.70. The van der Waals surface area contributed by atoms with Crippen LogP contribution in [-0.2, 0) is 12.8 Å². The lowest BCUT2D eigenvalue weighted by Gasteiger charge is -2.16. The summed E-state index contributed by atoms with van der Waals surface area (Å²) in [5.74, 6) is 1.35. The smallest absolute Gasteiger partial charge is 0.219 e. The van der Waals surface area contributed by atoms with Crippen LogP contribution in [-0.4, -0.2) is 10.1 Å². The van der Waals surface area contributed by atoms with Gasteiger partial charge in [0.25, 0.3) is 0 Å². The molecule has 0 bridgehead atoms. The van der Waals surface area contributed by atoms with E-state index in [1.807, 2.05) is 6.07 Å². The average molecular weight is 269 g/mol. The van der Waals surface area contributed by atoms with Gasteiger partial charge in [-0.2, -0.15) is 0 Å². The second-order valence-corrected chi connectivity index (χ2v) is 5.34. The number of fused-ring (bicyclic) bond motifs is 1. The highest BCUT2D eigenvalue weighted by Gasteiger charge is 2.11. The molecule has 1 unspecified atom stereocenters. The molecule has 3 rings (SSSR count). The highest BCUT2D eigenvalue weighted by Crippen LogP contribution is 2.28. The van der Waals surface area contributed by atoms with Crippen LogP contribution in [0.15, 0.2) is 36.5 Å². The van der Waals surface area contributed by atoms with Gasteiger partial charge in [-0.1, -0.05) is 6.07 Å². The first-order chi connectivity index (χ1) is 9.72. The summed E-state index contributed by atoms with van der Waals surface area (Å²) in [6, 6.07) is 9.85. The second-order valence-electron chi connectivity index (χ2n) is 5.34. The monoisotopic (exact) mass is 269 g/mol.